The highest BCUT2D eigenvalue weighted by Gasteiger charge is 2.28. The largest absolute Gasteiger partial charge is 0.392 e. The van der Waals surface area contributed by atoms with Crippen LogP contribution in [0.3, 0.4) is 0 Å². The Morgan fingerprint density at radius 3 is 2.45 bits per heavy atom. The van der Waals surface area contributed by atoms with Gasteiger partial charge in [-0.2, -0.15) is 4.31 Å². The van der Waals surface area contributed by atoms with Crippen LogP contribution in [0, 0.1) is 5.82 Å². The van der Waals surface area contributed by atoms with Gasteiger partial charge in [-0.25, -0.2) is 12.8 Å². The summed E-state index contributed by atoms with van der Waals surface area (Å²) in [5.74, 6) is -0.595. The first-order valence-electron chi connectivity index (χ1n) is 6.61. The monoisotopic (exact) mass is 302 g/mol. The van der Waals surface area contributed by atoms with Crippen molar-refractivity contribution in [1.82, 2.24) is 9.21 Å². The number of rotatable bonds is 4. The van der Waals surface area contributed by atoms with Crippen molar-refractivity contribution in [2.24, 2.45) is 0 Å². The maximum Gasteiger partial charge on any atom is 0.243 e. The first-order valence-corrected chi connectivity index (χ1v) is 8.05. The van der Waals surface area contributed by atoms with Crippen molar-refractivity contribution in [3.63, 3.8) is 0 Å². The van der Waals surface area contributed by atoms with Crippen molar-refractivity contribution < 1.29 is 17.9 Å². The molecule has 1 aliphatic heterocycles. The van der Waals surface area contributed by atoms with E-state index in [-0.39, 0.29) is 10.5 Å². The third-order valence-electron chi connectivity index (χ3n) is 3.60. The van der Waals surface area contributed by atoms with Gasteiger partial charge in [0.25, 0.3) is 0 Å². The van der Waals surface area contributed by atoms with E-state index in [0.717, 1.165) is 12.6 Å². The second kappa shape index (κ2) is 6.17. The average molecular weight is 302 g/mol. The van der Waals surface area contributed by atoms with Crippen molar-refractivity contribution in [3.05, 3.63) is 29.6 Å². The topological polar surface area (TPSA) is 60.9 Å². The molecule has 0 radical (unpaired) electrons. The molecule has 20 heavy (non-hydrogen) atoms. The number of sulfonamides is 1. The summed E-state index contributed by atoms with van der Waals surface area (Å²) >= 11 is 0. The molecule has 0 amide bonds. The Bertz CT molecular complexity index is 569. The summed E-state index contributed by atoms with van der Waals surface area (Å²) in [7, 11) is -3.61. The number of hydrogen-bond donors (Lipinski definition) is 1. The Labute approximate surface area is 118 Å². The van der Waals surface area contributed by atoms with Gasteiger partial charge in [0.2, 0.25) is 10.0 Å². The molecule has 0 spiro atoms. The fourth-order valence-electron chi connectivity index (χ4n) is 2.27. The van der Waals surface area contributed by atoms with Crippen LogP contribution in [0.1, 0.15) is 12.5 Å². The van der Waals surface area contributed by atoms with E-state index < -0.39 is 22.4 Å². The number of likely N-dealkylation sites (N-methyl/N-ethyl adjacent to an activating group) is 1. The molecule has 1 fully saturated rings. The van der Waals surface area contributed by atoms with Gasteiger partial charge in [-0.3, -0.25) is 0 Å². The maximum absolute atomic E-state index is 13.3. The van der Waals surface area contributed by atoms with E-state index in [1.165, 1.54) is 16.4 Å². The van der Waals surface area contributed by atoms with Crippen LogP contribution in [-0.2, 0) is 16.6 Å². The lowest BCUT2D eigenvalue weighted by atomic mass is 10.2. The standard InChI is InChI=1S/C13H19FN2O3S/c1-2-15-5-7-16(8-6-15)20(18,19)12-3-4-13(14)11(9-12)10-17/h3-4,9,17H,2,5-8,10H2,1H3. The van der Waals surface area contributed by atoms with Crippen LogP contribution >= 0.6 is 0 Å². The number of halogens is 1. The Kier molecular flexibility index (Phi) is 4.74. The highest BCUT2D eigenvalue weighted by atomic mass is 32.2. The zero-order valence-electron chi connectivity index (χ0n) is 11.4. The van der Waals surface area contributed by atoms with Crippen molar-refractivity contribution in [2.75, 3.05) is 32.7 Å². The molecule has 0 saturated carbocycles. The number of piperazine rings is 1. The van der Waals surface area contributed by atoms with Crippen molar-refractivity contribution in [3.8, 4) is 0 Å². The maximum atomic E-state index is 13.3. The van der Waals surface area contributed by atoms with Crippen LogP contribution in [-0.4, -0.2) is 55.5 Å². The number of hydrogen-bond acceptors (Lipinski definition) is 4. The van der Waals surface area contributed by atoms with E-state index in [4.69, 9.17) is 5.11 Å². The molecule has 1 saturated heterocycles. The molecule has 1 aromatic rings. The predicted molar refractivity (Wildman–Crippen MR) is 73.2 cm³/mol. The lowest BCUT2D eigenvalue weighted by molar-refractivity contribution is 0.196. The molecule has 0 aliphatic carbocycles. The molecular formula is C13H19FN2O3S. The van der Waals surface area contributed by atoms with Gasteiger partial charge in [0, 0.05) is 31.7 Å². The number of aliphatic hydroxyl groups excluding tert-OH is 1. The van der Waals surface area contributed by atoms with E-state index in [1.54, 1.807) is 0 Å². The summed E-state index contributed by atoms with van der Waals surface area (Å²) in [6.45, 7) is 4.69. The van der Waals surface area contributed by atoms with Crippen molar-refractivity contribution >= 4 is 10.0 Å². The normalized spacial score (nSPS) is 18.4. The van der Waals surface area contributed by atoms with E-state index in [9.17, 15) is 12.8 Å². The molecule has 112 valence electrons. The van der Waals surface area contributed by atoms with Gasteiger partial charge in [-0.15, -0.1) is 0 Å². The summed E-state index contributed by atoms with van der Waals surface area (Å²) in [6, 6.07) is 3.54. The Morgan fingerprint density at radius 1 is 1.25 bits per heavy atom. The average Bonchev–Trinajstić information content (AvgIpc) is 2.47. The molecule has 7 heteroatoms. The third kappa shape index (κ3) is 3.01. The van der Waals surface area contributed by atoms with Crippen molar-refractivity contribution in [1.29, 1.82) is 0 Å². The second-order valence-electron chi connectivity index (χ2n) is 4.75. The van der Waals surface area contributed by atoms with Crippen LogP contribution in [0.4, 0.5) is 4.39 Å². The van der Waals surface area contributed by atoms with Gasteiger partial charge in [-0.1, -0.05) is 6.92 Å². The highest BCUT2D eigenvalue weighted by Crippen LogP contribution is 2.20. The molecule has 2 rings (SSSR count). The molecule has 1 aliphatic rings. The predicted octanol–water partition coefficient (Wildman–Crippen LogP) is 0.644. The summed E-state index contributed by atoms with van der Waals surface area (Å²) < 4.78 is 39.7. The van der Waals surface area contributed by atoms with Gasteiger partial charge < -0.3 is 10.0 Å². The molecule has 1 heterocycles. The molecule has 1 aromatic carbocycles. The van der Waals surface area contributed by atoms with Crippen LogP contribution in [0.5, 0.6) is 0 Å². The number of benzene rings is 1. The van der Waals surface area contributed by atoms with Gasteiger partial charge in [0.15, 0.2) is 0 Å². The minimum atomic E-state index is -3.61. The van der Waals surface area contributed by atoms with Gasteiger partial charge in [-0.05, 0) is 24.7 Å². The van der Waals surface area contributed by atoms with E-state index in [1.807, 2.05) is 6.92 Å². The first-order chi connectivity index (χ1) is 9.48. The van der Waals surface area contributed by atoms with Crippen LogP contribution in [0.25, 0.3) is 0 Å². The quantitative estimate of drug-likeness (QED) is 0.887. The van der Waals surface area contributed by atoms with E-state index in [2.05, 4.69) is 4.90 Å². The fourth-order valence-corrected chi connectivity index (χ4v) is 3.74. The Morgan fingerprint density at radius 2 is 1.90 bits per heavy atom. The van der Waals surface area contributed by atoms with E-state index >= 15 is 0 Å². The van der Waals surface area contributed by atoms with E-state index in [0.29, 0.717) is 26.2 Å². The van der Waals surface area contributed by atoms with Gasteiger partial charge in [0.05, 0.1) is 11.5 Å². The molecular weight excluding hydrogens is 283 g/mol. The van der Waals surface area contributed by atoms with Gasteiger partial charge in [0.1, 0.15) is 5.82 Å². The fraction of sp³-hybridized carbons (Fsp3) is 0.538. The first kappa shape index (κ1) is 15.4. The molecule has 0 aromatic heterocycles. The number of aliphatic hydroxyl groups is 1. The van der Waals surface area contributed by atoms with Crippen LogP contribution < -0.4 is 0 Å². The van der Waals surface area contributed by atoms with Gasteiger partial charge >= 0.3 is 0 Å². The molecule has 5 nitrogen and oxygen atoms in total. The molecule has 0 unspecified atom stereocenters. The zero-order chi connectivity index (χ0) is 14.8. The Hall–Kier alpha value is -1.02. The summed E-state index contributed by atoms with van der Waals surface area (Å²) in [4.78, 5) is 2.21. The molecule has 0 atom stereocenters. The highest BCUT2D eigenvalue weighted by molar-refractivity contribution is 7.89. The summed E-state index contributed by atoms with van der Waals surface area (Å²) in [5.41, 5.74) is -0.00160. The van der Waals surface area contributed by atoms with Crippen LogP contribution in [0.15, 0.2) is 23.1 Å². The minimum absolute atomic E-state index is 0.00160. The second-order valence-corrected chi connectivity index (χ2v) is 6.69. The lowest BCUT2D eigenvalue weighted by Gasteiger charge is -2.33. The van der Waals surface area contributed by atoms with Crippen LogP contribution in [0.2, 0.25) is 0 Å². The zero-order valence-corrected chi connectivity index (χ0v) is 12.2. The van der Waals surface area contributed by atoms with Crippen molar-refractivity contribution in [2.45, 2.75) is 18.4 Å². The summed E-state index contributed by atoms with van der Waals surface area (Å²) in [5, 5.41) is 9.03. The number of nitrogens with zero attached hydrogens (tertiary/aromatic N) is 2. The summed E-state index contributed by atoms with van der Waals surface area (Å²) in [6.07, 6.45) is 0. The minimum Gasteiger partial charge on any atom is -0.392 e. The SMILES string of the molecule is CCN1CCN(S(=O)(=O)c2ccc(F)c(CO)c2)CC1. The lowest BCUT2D eigenvalue weighted by Crippen LogP contribution is -2.48. The smallest absolute Gasteiger partial charge is 0.243 e. The third-order valence-corrected chi connectivity index (χ3v) is 5.50. The Balaban J connectivity index is 2.22. The molecule has 0 bridgehead atoms. The molecule has 1 N–H and O–H groups in total.